The molecule has 2 unspecified atom stereocenters. The third-order valence-corrected chi connectivity index (χ3v) is 7.03. The first-order valence-electron chi connectivity index (χ1n) is 5.73. The molecule has 0 N–H and O–H groups in total. The number of halogens is 1. The van der Waals surface area contributed by atoms with Crippen LogP contribution in [0.5, 0.6) is 0 Å². The molecule has 96 valence electrons. The third kappa shape index (κ3) is 2.99. The first kappa shape index (κ1) is 14.5. The van der Waals surface area contributed by atoms with Crippen LogP contribution in [0, 0.1) is 5.41 Å². The molecule has 0 spiro atoms. The van der Waals surface area contributed by atoms with E-state index in [1.54, 1.807) is 13.8 Å². The van der Waals surface area contributed by atoms with Gasteiger partial charge in [0.05, 0.1) is 17.1 Å². The van der Waals surface area contributed by atoms with Crippen LogP contribution in [-0.4, -0.2) is 37.5 Å². The third-order valence-electron chi connectivity index (χ3n) is 3.70. The summed E-state index contributed by atoms with van der Waals surface area (Å²) in [6.07, 6.45) is 1.79. The lowest BCUT2D eigenvalue weighted by Gasteiger charge is -2.30. The molecule has 1 aliphatic rings. The molecule has 3 nitrogen and oxygen atoms in total. The Labute approximate surface area is 107 Å². The molecule has 0 saturated carbocycles. The Morgan fingerprint density at radius 3 is 2.50 bits per heavy atom. The van der Waals surface area contributed by atoms with Crippen LogP contribution in [0.25, 0.3) is 0 Å². The molecule has 1 fully saturated rings. The molecule has 1 heterocycles. The van der Waals surface area contributed by atoms with E-state index in [0.717, 1.165) is 18.4 Å². The van der Waals surface area contributed by atoms with Crippen molar-refractivity contribution < 1.29 is 13.2 Å². The highest BCUT2D eigenvalue weighted by molar-refractivity contribution is 9.09. The van der Waals surface area contributed by atoms with Crippen LogP contribution in [0.2, 0.25) is 0 Å². The molecule has 1 saturated heterocycles. The average molecular weight is 313 g/mol. The molecule has 16 heavy (non-hydrogen) atoms. The van der Waals surface area contributed by atoms with E-state index in [1.807, 2.05) is 6.92 Å². The maximum Gasteiger partial charge on any atom is 0.152 e. The van der Waals surface area contributed by atoms with Gasteiger partial charge in [0.25, 0.3) is 0 Å². The van der Waals surface area contributed by atoms with E-state index < -0.39 is 9.84 Å². The van der Waals surface area contributed by atoms with Gasteiger partial charge in [-0.25, -0.2) is 8.42 Å². The molecule has 2 atom stereocenters. The minimum absolute atomic E-state index is 0.00194. The smallest absolute Gasteiger partial charge is 0.152 e. The second kappa shape index (κ2) is 5.36. The molecule has 0 radical (unpaired) electrons. The van der Waals surface area contributed by atoms with Crippen LogP contribution in [0.15, 0.2) is 0 Å². The summed E-state index contributed by atoms with van der Waals surface area (Å²) in [5.74, 6) is 0.268. The first-order chi connectivity index (χ1) is 7.34. The van der Waals surface area contributed by atoms with Gasteiger partial charge < -0.3 is 4.74 Å². The molecule has 0 aromatic rings. The van der Waals surface area contributed by atoms with Crippen molar-refractivity contribution in [1.82, 2.24) is 0 Å². The molecule has 0 aromatic carbocycles. The van der Waals surface area contributed by atoms with Crippen molar-refractivity contribution in [3.05, 3.63) is 0 Å². The Bertz CT molecular complexity index is 326. The minimum atomic E-state index is -2.93. The SMILES string of the molecule is CC1OCCC1(CBr)CCS(=O)(=O)C(C)C. The van der Waals surface area contributed by atoms with Crippen LogP contribution in [0.4, 0.5) is 0 Å². The Morgan fingerprint density at radius 2 is 2.12 bits per heavy atom. The largest absolute Gasteiger partial charge is 0.378 e. The minimum Gasteiger partial charge on any atom is -0.378 e. The van der Waals surface area contributed by atoms with Gasteiger partial charge in [0.1, 0.15) is 0 Å². The van der Waals surface area contributed by atoms with E-state index in [-0.39, 0.29) is 22.5 Å². The summed E-state index contributed by atoms with van der Waals surface area (Å²) >= 11 is 3.50. The average Bonchev–Trinajstić information content (AvgIpc) is 2.58. The summed E-state index contributed by atoms with van der Waals surface area (Å²) in [5, 5.41) is 0.534. The van der Waals surface area contributed by atoms with Crippen molar-refractivity contribution in [3.8, 4) is 0 Å². The monoisotopic (exact) mass is 312 g/mol. The number of hydrogen-bond acceptors (Lipinski definition) is 3. The van der Waals surface area contributed by atoms with E-state index in [0.29, 0.717) is 6.42 Å². The number of hydrogen-bond donors (Lipinski definition) is 0. The van der Waals surface area contributed by atoms with E-state index in [1.165, 1.54) is 0 Å². The normalized spacial score (nSPS) is 31.2. The maximum atomic E-state index is 11.8. The second-order valence-electron chi connectivity index (χ2n) is 4.92. The standard InChI is InChI=1S/C11H21BrO3S/c1-9(2)16(13,14)7-5-11(8-12)4-6-15-10(11)3/h9-10H,4-8H2,1-3H3. The maximum absolute atomic E-state index is 11.8. The Morgan fingerprint density at radius 1 is 1.50 bits per heavy atom. The Balaban J connectivity index is 2.66. The van der Waals surface area contributed by atoms with Gasteiger partial charge in [-0.15, -0.1) is 0 Å². The van der Waals surface area contributed by atoms with Crippen LogP contribution in [0.1, 0.15) is 33.6 Å². The van der Waals surface area contributed by atoms with Gasteiger partial charge in [0, 0.05) is 17.4 Å². The summed E-state index contributed by atoms with van der Waals surface area (Å²) < 4.78 is 29.2. The molecule has 0 amide bonds. The zero-order valence-corrected chi connectivity index (χ0v) is 12.6. The molecule has 0 bridgehead atoms. The Kier molecular flexibility index (Phi) is 4.84. The lowest BCUT2D eigenvalue weighted by Crippen LogP contribution is -2.34. The summed E-state index contributed by atoms with van der Waals surface area (Å²) in [6.45, 7) is 6.26. The van der Waals surface area contributed by atoms with Crippen molar-refractivity contribution in [3.63, 3.8) is 0 Å². The van der Waals surface area contributed by atoms with Crippen LogP contribution in [-0.2, 0) is 14.6 Å². The van der Waals surface area contributed by atoms with Crippen molar-refractivity contribution >= 4 is 25.8 Å². The highest BCUT2D eigenvalue weighted by Crippen LogP contribution is 2.40. The molecule has 1 rings (SSSR count). The van der Waals surface area contributed by atoms with Gasteiger partial charge in [-0.2, -0.15) is 0 Å². The highest BCUT2D eigenvalue weighted by Gasteiger charge is 2.41. The van der Waals surface area contributed by atoms with Crippen molar-refractivity contribution in [2.75, 3.05) is 17.7 Å². The lowest BCUT2D eigenvalue weighted by molar-refractivity contribution is 0.0732. The number of alkyl halides is 1. The highest BCUT2D eigenvalue weighted by atomic mass is 79.9. The van der Waals surface area contributed by atoms with Crippen molar-refractivity contribution in [2.24, 2.45) is 5.41 Å². The predicted molar refractivity (Wildman–Crippen MR) is 69.8 cm³/mol. The second-order valence-corrected chi connectivity index (χ2v) is 8.16. The van der Waals surface area contributed by atoms with Crippen molar-refractivity contribution in [2.45, 2.75) is 45.0 Å². The molecule has 1 aliphatic heterocycles. The van der Waals surface area contributed by atoms with E-state index in [2.05, 4.69) is 15.9 Å². The van der Waals surface area contributed by atoms with Gasteiger partial charge in [-0.05, 0) is 33.6 Å². The zero-order chi connectivity index (χ0) is 12.4. The number of sulfone groups is 1. The topological polar surface area (TPSA) is 43.4 Å². The zero-order valence-electron chi connectivity index (χ0n) is 10.2. The quantitative estimate of drug-likeness (QED) is 0.732. The molecule has 0 aliphatic carbocycles. The van der Waals surface area contributed by atoms with E-state index in [4.69, 9.17) is 4.74 Å². The van der Waals surface area contributed by atoms with E-state index in [9.17, 15) is 8.42 Å². The molecule has 0 aromatic heterocycles. The van der Waals surface area contributed by atoms with Crippen molar-refractivity contribution in [1.29, 1.82) is 0 Å². The van der Waals surface area contributed by atoms with Gasteiger partial charge in [-0.1, -0.05) is 15.9 Å². The van der Waals surface area contributed by atoms with Crippen LogP contribution in [0.3, 0.4) is 0 Å². The Hall–Kier alpha value is 0.390. The van der Waals surface area contributed by atoms with Gasteiger partial charge in [-0.3, -0.25) is 0 Å². The molecule has 5 heteroatoms. The molecular formula is C11H21BrO3S. The van der Waals surface area contributed by atoms with Gasteiger partial charge >= 0.3 is 0 Å². The lowest BCUT2D eigenvalue weighted by atomic mass is 9.81. The van der Waals surface area contributed by atoms with Crippen LogP contribution >= 0.6 is 15.9 Å². The van der Waals surface area contributed by atoms with E-state index >= 15 is 0 Å². The number of ether oxygens (including phenoxy) is 1. The number of rotatable bonds is 5. The summed E-state index contributed by atoms with van der Waals surface area (Å²) in [5.41, 5.74) is 0.00194. The first-order valence-corrected chi connectivity index (χ1v) is 8.57. The summed E-state index contributed by atoms with van der Waals surface area (Å²) in [6, 6.07) is 0. The van der Waals surface area contributed by atoms with Crippen LogP contribution < -0.4 is 0 Å². The van der Waals surface area contributed by atoms with Gasteiger partial charge in [0.15, 0.2) is 9.84 Å². The predicted octanol–water partition coefficient (Wildman–Crippen LogP) is 2.39. The summed E-state index contributed by atoms with van der Waals surface area (Å²) in [7, 11) is -2.93. The fourth-order valence-electron chi connectivity index (χ4n) is 1.97. The fourth-order valence-corrected chi connectivity index (χ4v) is 4.15. The fraction of sp³-hybridized carbons (Fsp3) is 1.00. The summed E-state index contributed by atoms with van der Waals surface area (Å²) in [4.78, 5) is 0. The molecular weight excluding hydrogens is 292 g/mol. The van der Waals surface area contributed by atoms with Gasteiger partial charge in [0.2, 0.25) is 0 Å².